The maximum Gasteiger partial charge on any atom is 0.303 e. The first kappa shape index (κ1) is 9.39. The Morgan fingerprint density at radius 2 is 1.90 bits per heavy atom. The van der Waals surface area contributed by atoms with Crippen LogP contribution in [0.1, 0.15) is 13.3 Å². The summed E-state index contributed by atoms with van der Waals surface area (Å²) in [7, 11) is 0. The first-order valence-corrected chi connectivity index (χ1v) is 3.14. The third kappa shape index (κ3) is 7.39. The second kappa shape index (κ2) is 6.51. The molecule has 1 heterocycles. The van der Waals surface area contributed by atoms with Gasteiger partial charge in [0.25, 0.3) is 0 Å². The molecule has 4 heteroatoms. The smallest absolute Gasteiger partial charge is 0.303 e. The molecule has 0 aromatic carbocycles. The Kier molecular flexibility index (Phi) is 6.11. The molecule has 1 aliphatic heterocycles. The van der Waals surface area contributed by atoms with Gasteiger partial charge in [-0.3, -0.25) is 4.79 Å². The maximum atomic E-state index is 9.37. The number of aliphatic carboxylic acids is 1. The second-order valence-electron chi connectivity index (χ2n) is 1.68. The molecule has 4 nitrogen and oxygen atoms in total. The first-order valence-electron chi connectivity index (χ1n) is 3.14. The molecule has 0 radical (unpaired) electrons. The monoisotopic (exact) mass is 148 g/mol. The van der Waals surface area contributed by atoms with E-state index < -0.39 is 5.97 Å². The molecular weight excluding hydrogens is 136 g/mol. The highest BCUT2D eigenvalue weighted by Gasteiger charge is 1.93. The zero-order valence-electron chi connectivity index (χ0n) is 6.00. The SMILES string of the molecule is C1COCO1.CCC(=O)O. The molecule has 0 aromatic heterocycles. The van der Waals surface area contributed by atoms with Gasteiger partial charge in [0, 0.05) is 6.42 Å². The quantitative estimate of drug-likeness (QED) is 0.587. The summed E-state index contributed by atoms with van der Waals surface area (Å²) in [5, 5.41) is 7.72. The van der Waals surface area contributed by atoms with Gasteiger partial charge >= 0.3 is 5.97 Å². The van der Waals surface area contributed by atoms with E-state index in [1.54, 1.807) is 6.92 Å². The molecule has 0 saturated carbocycles. The minimum absolute atomic E-state index is 0.222. The predicted molar refractivity (Wildman–Crippen MR) is 34.7 cm³/mol. The van der Waals surface area contributed by atoms with Crippen molar-refractivity contribution in [3.63, 3.8) is 0 Å². The van der Waals surface area contributed by atoms with Crippen LogP contribution < -0.4 is 0 Å². The van der Waals surface area contributed by atoms with Crippen LogP contribution in [-0.4, -0.2) is 31.1 Å². The summed E-state index contributed by atoms with van der Waals surface area (Å²) in [4.78, 5) is 9.37. The number of carbonyl (C=O) groups is 1. The maximum absolute atomic E-state index is 9.37. The van der Waals surface area contributed by atoms with Gasteiger partial charge in [-0.05, 0) is 0 Å². The summed E-state index contributed by atoms with van der Waals surface area (Å²) < 4.78 is 9.44. The molecule has 0 aromatic rings. The molecule has 0 aliphatic carbocycles. The number of carboxylic acids is 1. The lowest BCUT2D eigenvalue weighted by atomic mass is 10.5. The van der Waals surface area contributed by atoms with E-state index in [-0.39, 0.29) is 6.42 Å². The average molecular weight is 148 g/mol. The van der Waals surface area contributed by atoms with Gasteiger partial charge in [0.2, 0.25) is 0 Å². The van der Waals surface area contributed by atoms with Crippen LogP contribution in [0.5, 0.6) is 0 Å². The van der Waals surface area contributed by atoms with Gasteiger partial charge in [0.05, 0.1) is 13.2 Å². The lowest BCUT2D eigenvalue weighted by Crippen LogP contribution is -1.86. The minimum atomic E-state index is -0.745. The largest absolute Gasteiger partial charge is 0.481 e. The molecular formula is C6H12O4. The van der Waals surface area contributed by atoms with E-state index in [9.17, 15) is 4.79 Å². The van der Waals surface area contributed by atoms with Crippen molar-refractivity contribution in [2.24, 2.45) is 0 Å². The fourth-order valence-electron chi connectivity index (χ4n) is 0.295. The summed E-state index contributed by atoms with van der Waals surface area (Å²) in [5.74, 6) is -0.745. The minimum Gasteiger partial charge on any atom is -0.481 e. The number of rotatable bonds is 1. The summed E-state index contributed by atoms with van der Waals surface area (Å²) in [6.07, 6.45) is 0.222. The predicted octanol–water partition coefficient (Wildman–Crippen LogP) is 0.472. The number of ether oxygens (including phenoxy) is 2. The molecule has 10 heavy (non-hydrogen) atoms. The Hall–Kier alpha value is -0.610. The number of hydrogen-bond donors (Lipinski definition) is 1. The number of hydrogen-bond acceptors (Lipinski definition) is 3. The van der Waals surface area contributed by atoms with Crippen LogP contribution in [0.25, 0.3) is 0 Å². The lowest BCUT2D eigenvalue weighted by molar-refractivity contribution is -0.136. The topological polar surface area (TPSA) is 55.8 Å². The Morgan fingerprint density at radius 3 is 2.00 bits per heavy atom. The molecule has 1 saturated heterocycles. The Labute approximate surface area is 59.7 Å². The summed E-state index contributed by atoms with van der Waals surface area (Å²) in [6.45, 7) is 3.66. The van der Waals surface area contributed by atoms with Crippen LogP contribution in [0.3, 0.4) is 0 Å². The molecule has 1 fully saturated rings. The lowest BCUT2D eigenvalue weighted by Gasteiger charge is -1.76. The standard InChI is InChI=1S/2C3H6O2/c1-2-5-3-4-1;1-2-3(4)5/h1-3H2;2H2,1H3,(H,4,5). The molecule has 1 N–H and O–H groups in total. The van der Waals surface area contributed by atoms with E-state index in [4.69, 9.17) is 14.6 Å². The van der Waals surface area contributed by atoms with Gasteiger partial charge < -0.3 is 14.6 Å². The van der Waals surface area contributed by atoms with E-state index in [1.165, 1.54) is 0 Å². The fraction of sp³-hybridized carbons (Fsp3) is 0.833. The van der Waals surface area contributed by atoms with Gasteiger partial charge in [0.1, 0.15) is 6.79 Å². The van der Waals surface area contributed by atoms with Crippen LogP contribution in [0.4, 0.5) is 0 Å². The molecule has 1 rings (SSSR count). The third-order valence-corrected chi connectivity index (χ3v) is 0.841. The van der Waals surface area contributed by atoms with Crippen LogP contribution in [0.15, 0.2) is 0 Å². The fourth-order valence-corrected chi connectivity index (χ4v) is 0.295. The summed E-state index contributed by atoms with van der Waals surface area (Å²) in [6, 6.07) is 0. The van der Waals surface area contributed by atoms with E-state index in [1.807, 2.05) is 0 Å². The third-order valence-electron chi connectivity index (χ3n) is 0.841. The van der Waals surface area contributed by atoms with Gasteiger partial charge in [-0.1, -0.05) is 6.92 Å². The van der Waals surface area contributed by atoms with E-state index in [0.29, 0.717) is 6.79 Å². The van der Waals surface area contributed by atoms with Crippen molar-refractivity contribution in [1.82, 2.24) is 0 Å². The van der Waals surface area contributed by atoms with Crippen molar-refractivity contribution in [3.05, 3.63) is 0 Å². The molecule has 0 unspecified atom stereocenters. The molecule has 0 amide bonds. The first-order chi connectivity index (χ1) is 4.77. The van der Waals surface area contributed by atoms with Crippen LogP contribution in [0.2, 0.25) is 0 Å². The summed E-state index contributed by atoms with van der Waals surface area (Å²) in [5.41, 5.74) is 0. The molecule has 1 aliphatic rings. The Bertz CT molecular complexity index is 80.1. The van der Waals surface area contributed by atoms with Crippen molar-refractivity contribution >= 4 is 5.97 Å². The highest BCUT2D eigenvalue weighted by atomic mass is 16.7. The van der Waals surface area contributed by atoms with Crippen molar-refractivity contribution in [3.8, 4) is 0 Å². The van der Waals surface area contributed by atoms with E-state index >= 15 is 0 Å². The Balaban J connectivity index is 0.000000162. The average Bonchev–Trinajstić information content (AvgIpc) is 2.43. The van der Waals surface area contributed by atoms with Crippen LogP contribution >= 0.6 is 0 Å². The zero-order chi connectivity index (χ0) is 7.82. The van der Waals surface area contributed by atoms with Gasteiger partial charge in [-0.2, -0.15) is 0 Å². The van der Waals surface area contributed by atoms with Gasteiger partial charge in [-0.15, -0.1) is 0 Å². The van der Waals surface area contributed by atoms with Crippen LogP contribution in [-0.2, 0) is 14.3 Å². The normalized spacial score (nSPS) is 15.7. The molecule has 60 valence electrons. The van der Waals surface area contributed by atoms with E-state index in [2.05, 4.69) is 0 Å². The molecule has 0 atom stereocenters. The highest BCUT2D eigenvalue weighted by molar-refractivity contribution is 5.66. The summed E-state index contributed by atoms with van der Waals surface area (Å²) >= 11 is 0. The second-order valence-corrected chi connectivity index (χ2v) is 1.68. The van der Waals surface area contributed by atoms with Crippen LogP contribution in [0, 0.1) is 0 Å². The van der Waals surface area contributed by atoms with E-state index in [0.717, 1.165) is 13.2 Å². The zero-order valence-corrected chi connectivity index (χ0v) is 6.00. The van der Waals surface area contributed by atoms with Gasteiger partial charge in [-0.25, -0.2) is 0 Å². The molecule has 0 bridgehead atoms. The van der Waals surface area contributed by atoms with Crippen molar-refractivity contribution in [2.75, 3.05) is 20.0 Å². The highest BCUT2D eigenvalue weighted by Crippen LogP contribution is 1.85. The Morgan fingerprint density at radius 1 is 1.50 bits per heavy atom. The number of carboxylic acid groups (broad SMARTS) is 1. The van der Waals surface area contributed by atoms with Gasteiger partial charge in [0.15, 0.2) is 0 Å². The van der Waals surface area contributed by atoms with Crippen molar-refractivity contribution in [2.45, 2.75) is 13.3 Å². The molecule has 0 spiro atoms. The van der Waals surface area contributed by atoms with Crippen molar-refractivity contribution < 1.29 is 19.4 Å². The van der Waals surface area contributed by atoms with Crippen molar-refractivity contribution in [1.29, 1.82) is 0 Å².